The molecule has 32 heavy (non-hydrogen) atoms. The van der Waals surface area contributed by atoms with Gasteiger partial charge in [0.05, 0.1) is 18.7 Å². The first-order valence-corrected chi connectivity index (χ1v) is 11.2. The van der Waals surface area contributed by atoms with Gasteiger partial charge in [-0.2, -0.15) is 0 Å². The number of anilines is 2. The van der Waals surface area contributed by atoms with E-state index < -0.39 is 6.04 Å². The summed E-state index contributed by atoms with van der Waals surface area (Å²) >= 11 is 0. The second-order valence-electron chi connectivity index (χ2n) is 8.30. The average molecular weight is 436 g/mol. The van der Waals surface area contributed by atoms with E-state index in [1.54, 1.807) is 9.80 Å². The highest BCUT2D eigenvalue weighted by atomic mass is 16.5. The van der Waals surface area contributed by atoms with Crippen LogP contribution in [0.2, 0.25) is 0 Å². The smallest absolute Gasteiger partial charge is 0.253 e. The van der Waals surface area contributed by atoms with Crippen molar-refractivity contribution >= 4 is 29.1 Å². The number of hydrogen-bond acceptors (Lipinski definition) is 4. The van der Waals surface area contributed by atoms with E-state index in [-0.39, 0.29) is 30.2 Å². The molecule has 0 bridgehead atoms. The van der Waals surface area contributed by atoms with Crippen LogP contribution >= 0.6 is 0 Å². The van der Waals surface area contributed by atoms with E-state index in [0.29, 0.717) is 37.4 Å². The summed E-state index contributed by atoms with van der Waals surface area (Å²) in [5, 5.41) is 2.87. The van der Waals surface area contributed by atoms with Crippen LogP contribution in [0.5, 0.6) is 5.75 Å². The number of nitrogens with one attached hydrogen (secondary N) is 1. The number of carbonyl (C=O) groups is 3. The van der Waals surface area contributed by atoms with Gasteiger partial charge in [0.25, 0.3) is 5.91 Å². The maximum atomic E-state index is 13.6. The highest BCUT2D eigenvalue weighted by Crippen LogP contribution is 2.36. The molecular weight excluding hydrogens is 406 g/mol. The van der Waals surface area contributed by atoms with Gasteiger partial charge in [0.1, 0.15) is 18.4 Å². The number of likely N-dealkylation sites (N-methyl/N-ethyl adjacent to an activating group) is 1. The Morgan fingerprint density at radius 2 is 1.84 bits per heavy atom. The third-order valence-corrected chi connectivity index (χ3v) is 6.31. The van der Waals surface area contributed by atoms with Gasteiger partial charge in [0, 0.05) is 18.2 Å². The predicted molar refractivity (Wildman–Crippen MR) is 123 cm³/mol. The lowest BCUT2D eigenvalue weighted by Crippen LogP contribution is -2.51. The van der Waals surface area contributed by atoms with Crippen molar-refractivity contribution in [1.29, 1.82) is 0 Å². The zero-order chi connectivity index (χ0) is 22.8. The number of para-hydroxylation sites is 2. The zero-order valence-electron chi connectivity index (χ0n) is 18.8. The molecule has 0 radical (unpaired) electrons. The monoisotopic (exact) mass is 435 g/mol. The highest BCUT2D eigenvalue weighted by molar-refractivity contribution is 6.03. The Morgan fingerprint density at radius 1 is 1.09 bits per heavy atom. The van der Waals surface area contributed by atoms with Crippen LogP contribution in [0.25, 0.3) is 0 Å². The Morgan fingerprint density at radius 3 is 2.59 bits per heavy atom. The number of amides is 3. The van der Waals surface area contributed by atoms with Crippen LogP contribution in [0.3, 0.4) is 0 Å². The standard InChI is InChI=1S/C25H29N3O4/c1-4-16(3)24(30)26-19-15-32-22-12-7-6-10-21(22)28(25(19)31)14-17-9-8-11-20-18(17)13-23(29)27(20)5-2/h6-12,16,19H,4-5,13-15H2,1-3H3,(H,26,30)/t16-,19+/m1/s1. The van der Waals surface area contributed by atoms with Crippen molar-refractivity contribution < 1.29 is 19.1 Å². The van der Waals surface area contributed by atoms with Crippen LogP contribution in [0.4, 0.5) is 11.4 Å². The van der Waals surface area contributed by atoms with Crippen LogP contribution < -0.4 is 19.9 Å². The molecular formula is C25H29N3O4. The Balaban J connectivity index is 1.68. The van der Waals surface area contributed by atoms with Crippen molar-refractivity contribution in [3.05, 3.63) is 53.6 Å². The zero-order valence-corrected chi connectivity index (χ0v) is 18.8. The van der Waals surface area contributed by atoms with E-state index in [2.05, 4.69) is 5.32 Å². The number of hydrogen-bond donors (Lipinski definition) is 1. The summed E-state index contributed by atoms with van der Waals surface area (Å²) in [7, 11) is 0. The topological polar surface area (TPSA) is 79.0 Å². The second-order valence-corrected chi connectivity index (χ2v) is 8.30. The normalized spacial score (nSPS) is 18.5. The molecule has 1 N–H and O–H groups in total. The number of carbonyl (C=O) groups excluding carboxylic acids is 3. The van der Waals surface area contributed by atoms with Crippen molar-refractivity contribution in [3.63, 3.8) is 0 Å². The Hall–Kier alpha value is -3.35. The fourth-order valence-corrected chi connectivity index (χ4v) is 4.24. The maximum absolute atomic E-state index is 13.6. The summed E-state index contributed by atoms with van der Waals surface area (Å²) in [6.45, 7) is 6.71. The molecule has 0 aliphatic carbocycles. The number of ether oxygens (including phenoxy) is 1. The van der Waals surface area contributed by atoms with Gasteiger partial charge >= 0.3 is 0 Å². The molecule has 0 saturated heterocycles. The van der Waals surface area contributed by atoms with Gasteiger partial charge < -0.3 is 19.9 Å². The first-order chi connectivity index (χ1) is 15.4. The molecule has 4 rings (SSSR count). The van der Waals surface area contributed by atoms with Crippen LogP contribution in [0.1, 0.15) is 38.3 Å². The number of nitrogens with zero attached hydrogens (tertiary/aromatic N) is 2. The van der Waals surface area contributed by atoms with Crippen LogP contribution in [-0.2, 0) is 27.3 Å². The lowest BCUT2D eigenvalue weighted by Gasteiger charge is -2.26. The largest absolute Gasteiger partial charge is 0.489 e. The van der Waals surface area contributed by atoms with Gasteiger partial charge in [0.15, 0.2) is 0 Å². The van der Waals surface area contributed by atoms with Gasteiger partial charge in [-0.1, -0.05) is 38.1 Å². The molecule has 168 valence electrons. The first kappa shape index (κ1) is 21.9. The van der Waals surface area contributed by atoms with Crippen molar-refractivity contribution in [3.8, 4) is 5.75 Å². The summed E-state index contributed by atoms with van der Waals surface area (Å²) in [5.41, 5.74) is 3.44. The minimum absolute atomic E-state index is 0.0690. The van der Waals surface area contributed by atoms with Gasteiger partial charge in [0.2, 0.25) is 11.8 Å². The first-order valence-electron chi connectivity index (χ1n) is 11.2. The number of rotatable bonds is 6. The van der Waals surface area contributed by atoms with Gasteiger partial charge in [-0.3, -0.25) is 14.4 Å². The summed E-state index contributed by atoms with van der Waals surface area (Å²) in [6, 6.07) is 12.4. The molecule has 0 spiro atoms. The fourth-order valence-electron chi connectivity index (χ4n) is 4.24. The lowest BCUT2D eigenvalue weighted by molar-refractivity contribution is -0.130. The Labute approximate surface area is 188 Å². The molecule has 3 amide bonds. The van der Waals surface area contributed by atoms with E-state index >= 15 is 0 Å². The van der Waals surface area contributed by atoms with Crippen LogP contribution in [0, 0.1) is 5.92 Å². The molecule has 2 heterocycles. The minimum Gasteiger partial charge on any atom is -0.489 e. The number of fused-ring (bicyclic) bond motifs is 2. The Kier molecular flexibility index (Phi) is 6.17. The summed E-state index contributed by atoms with van der Waals surface area (Å²) in [5.74, 6) is 0.0934. The lowest BCUT2D eigenvalue weighted by atomic mass is 10.0. The molecule has 0 unspecified atom stereocenters. The van der Waals surface area contributed by atoms with Crippen molar-refractivity contribution in [2.24, 2.45) is 5.92 Å². The van der Waals surface area contributed by atoms with E-state index in [1.807, 2.05) is 63.2 Å². The third kappa shape index (κ3) is 3.95. The van der Waals surface area contributed by atoms with E-state index in [1.165, 1.54) is 0 Å². The average Bonchev–Trinajstić information content (AvgIpc) is 3.08. The second kappa shape index (κ2) is 9.02. The molecule has 0 saturated carbocycles. The highest BCUT2D eigenvalue weighted by Gasteiger charge is 2.35. The summed E-state index contributed by atoms with van der Waals surface area (Å²) in [4.78, 5) is 42.0. The van der Waals surface area contributed by atoms with E-state index in [9.17, 15) is 14.4 Å². The molecule has 2 aliphatic rings. The molecule has 2 aromatic rings. The van der Waals surface area contributed by atoms with E-state index in [0.717, 1.165) is 16.8 Å². The molecule has 2 atom stereocenters. The van der Waals surface area contributed by atoms with Crippen LogP contribution in [0.15, 0.2) is 42.5 Å². The van der Waals surface area contributed by atoms with Gasteiger partial charge in [-0.05, 0) is 42.7 Å². The quantitative estimate of drug-likeness (QED) is 0.757. The van der Waals surface area contributed by atoms with Crippen molar-refractivity contribution in [2.45, 2.75) is 46.2 Å². The number of benzene rings is 2. The van der Waals surface area contributed by atoms with Gasteiger partial charge in [-0.15, -0.1) is 0 Å². The molecule has 7 heteroatoms. The molecule has 7 nitrogen and oxygen atoms in total. The minimum atomic E-state index is -0.783. The summed E-state index contributed by atoms with van der Waals surface area (Å²) < 4.78 is 5.92. The fraction of sp³-hybridized carbons (Fsp3) is 0.400. The van der Waals surface area contributed by atoms with Gasteiger partial charge in [-0.25, -0.2) is 0 Å². The third-order valence-electron chi connectivity index (χ3n) is 6.31. The molecule has 0 fully saturated rings. The summed E-state index contributed by atoms with van der Waals surface area (Å²) in [6.07, 6.45) is 1.02. The maximum Gasteiger partial charge on any atom is 0.253 e. The van der Waals surface area contributed by atoms with Crippen molar-refractivity contribution in [2.75, 3.05) is 23.0 Å². The van der Waals surface area contributed by atoms with Crippen molar-refractivity contribution in [1.82, 2.24) is 5.32 Å². The predicted octanol–water partition coefficient (Wildman–Crippen LogP) is 3.05. The molecule has 2 aromatic carbocycles. The molecule has 2 aliphatic heterocycles. The van der Waals surface area contributed by atoms with Crippen LogP contribution in [-0.4, -0.2) is 36.9 Å². The Bertz CT molecular complexity index is 1050. The SMILES string of the molecule is CC[C@@H](C)C(=O)N[C@H]1COc2ccccc2N(Cc2cccc3c2CC(=O)N3CC)C1=O. The van der Waals surface area contributed by atoms with E-state index in [4.69, 9.17) is 4.74 Å². The molecule has 0 aromatic heterocycles.